The highest BCUT2D eigenvalue weighted by atomic mass is 19.3. The van der Waals surface area contributed by atoms with Crippen LogP contribution in [0, 0.1) is 11.8 Å². The van der Waals surface area contributed by atoms with Gasteiger partial charge in [-0.3, -0.25) is 9.69 Å². The van der Waals surface area contributed by atoms with Gasteiger partial charge in [-0.2, -0.15) is 4.98 Å². The van der Waals surface area contributed by atoms with Gasteiger partial charge in [0.15, 0.2) is 5.82 Å². The summed E-state index contributed by atoms with van der Waals surface area (Å²) in [5.74, 6) is -3.40. The largest absolute Gasteiger partial charge is 0.343 e. The van der Waals surface area contributed by atoms with E-state index >= 15 is 8.78 Å². The van der Waals surface area contributed by atoms with E-state index in [1.807, 2.05) is 6.92 Å². The Morgan fingerprint density at radius 2 is 1.78 bits per heavy atom. The number of hydrogen-bond donors (Lipinski definition) is 0. The van der Waals surface area contributed by atoms with Gasteiger partial charge in [-0.1, -0.05) is 12.1 Å². The molecule has 0 unspecified atom stereocenters. The Hall–Kier alpha value is -1.68. The minimum Gasteiger partial charge on any atom is -0.343 e. The second kappa shape index (κ2) is 10.5. The first-order valence-electron chi connectivity index (χ1n) is 14.2. The number of piperazine rings is 1. The molecule has 3 heterocycles. The van der Waals surface area contributed by atoms with Crippen LogP contribution in [0.4, 0.5) is 13.2 Å². The van der Waals surface area contributed by atoms with Crippen molar-refractivity contribution in [2.24, 2.45) is 11.8 Å². The van der Waals surface area contributed by atoms with E-state index in [1.165, 1.54) is 0 Å². The molecule has 2 aliphatic heterocycles. The topological polar surface area (TPSA) is 65.7 Å². The maximum atomic E-state index is 15.2. The van der Waals surface area contributed by atoms with E-state index < -0.39 is 18.0 Å². The fourth-order valence-corrected chi connectivity index (χ4v) is 6.50. The van der Waals surface area contributed by atoms with Crippen molar-refractivity contribution in [2.45, 2.75) is 95.2 Å². The van der Waals surface area contributed by atoms with Gasteiger partial charge >= 0.3 is 0 Å². The fourth-order valence-electron chi connectivity index (χ4n) is 6.50. The lowest BCUT2D eigenvalue weighted by Gasteiger charge is -2.44. The quantitative estimate of drug-likeness (QED) is 0.531. The number of aromatic nitrogens is 2. The zero-order chi connectivity index (χ0) is 26.4. The van der Waals surface area contributed by atoms with Gasteiger partial charge in [0.05, 0.1) is 5.92 Å². The third kappa shape index (κ3) is 5.84. The summed E-state index contributed by atoms with van der Waals surface area (Å²) in [7, 11) is 0. The third-order valence-corrected chi connectivity index (χ3v) is 9.45. The second-order valence-corrected chi connectivity index (χ2v) is 12.4. The lowest BCUT2D eigenvalue weighted by Crippen LogP contribution is -2.52. The average molecular weight is 526 g/mol. The molecule has 4 atom stereocenters. The van der Waals surface area contributed by atoms with Crippen LogP contribution in [0.2, 0.25) is 0 Å². The lowest BCUT2D eigenvalue weighted by molar-refractivity contribution is -0.148. The molecule has 0 spiro atoms. The van der Waals surface area contributed by atoms with Gasteiger partial charge in [0.2, 0.25) is 11.8 Å². The Labute approximate surface area is 218 Å². The number of amides is 1. The van der Waals surface area contributed by atoms with Crippen LogP contribution in [0.25, 0.3) is 0 Å². The maximum Gasteiger partial charge on any atom is 0.251 e. The van der Waals surface area contributed by atoms with Crippen LogP contribution in [0.15, 0.2) is 4.52 Å². The van der Waals surface area contributed by atoms with Gasteiger partial charge in [0.1, 0.15) is 6.17 Å². The number of carbonyl (C=O) groups is 1. The van der Waals surface area contributed by atoms with Crippen LogP contribution in [-0.2, 0) is 10.2 Å². The fraction of sp³-hybridized carbons (Fsp3) is 0.889. The highest BCUT2D eigenvalue weighted by Crippen LogP contribution is 2.46. The molecule has 0 bridgehead atoms. The molecule has 2 saturated heterocycles. The Morgan fingerprint density at radius 1 is 1.11 bits per heavy atom. The van der Waals surface area contributed by atoms with Crippen LogP contribution >= 0.6 is 0 Å². The first kappa shape index (κ1) is 26.9. The third-order valence-electron chi connectivity index (χ3n) is 9.45. The van der Waals surface area contributed by atoms with E-state index in [0.717, 1.165) is 32.6 Å². The second-order valence-electron chi connectivity index (χ2n) is 12.4. The van der Waals surface area contributed by atoms with E-state index in [-0.39, 0.29) is 36.0 Å². The SMILES string of the molecule is CC(C)N1CCN(C[C@H]2CCCC(F)(F)[C@@H]2CC(=O)N2CCC(C)(c3noc([C@@H]4C[C@@H]4F)n3)CC2)CC1. The van der Waals surface area contributed by atoms with Gasteiger partial charge in [-0.25, -0.2) is 13.2 Å². The lowest BCUT2D eigenvalue weighted by atomic mass is 9.74. The molecule has 1 aromatic heterocycles. The van der Waals surface area contributed by atoms with Crippen LogP contribution in [0.1, 0.15) is 83.3 Å². The standard InChI is InChI=1S/C27H42F3N5O2/c1-18(2)34-13-11-33(12-14-34)17-19-5-4-6-27(29,30)21(19)16-23(36)35-9-7-26(3,8-10-35)25-31-24(37-32-25)20-15-22(20)28/h18-22H,4-17H2,1-3H3/t19-,20-,21-,22+/m1/s1. The Kier molecular flexibility index (Phi) is 7.62. The molecule has 5 rings (SSSR count). The predicted octanol–water partition coefficient (Wildman–Crippen LogP) is 4.24. The molecule has 1 amide bonds. The molecule has 208 valence electrons. The average Bonchev–Trinajstić information content (AvgIpc) is 3.37. The van der Waals surface area contributed by atoms with Gasteiger partial charge in [-0.15, -0.1) is 0 Å². The van der Waals surface area contributed by atoms with E-state index in [9.17, 15) is 9.18 Å². The summed E-state index contributed by atoms with van der Waals surface area (Å²) >= 11 is 0. The van der Waals surface area contributed by atoms with Crippen LogP contribution in [0.3, 0.4) is 0 Å². The molecule has 2 aliphatic carbocycles. The van der Waals surface area contributed by atoms with Crippen molar-refractivity contribution < 1.29 is 22.5 Å². The van der Waals surface area contributed by atoms with Gasteiger partial charge in [-0.05, 0) is 51.9 Å². The number of nitrogens with zero attached hydrogens (tertiary/aromatic N) is 5. The molecule has 0 radical (unpaired) electrons. The minimum absolute atomic E-state index is 0.0910. The minimum atomic E-state index is -2.80. The zero-order valence-corrected chi connectivity index (χ0v) is 22.5. The van der Waals surface area contributed by atoms with E-state index in [0.29, 0.717) is 63.1 Å². The monoisotopic (exact) mass is 525 g/mol. The molecule has 2 saturated carbocycles. The summed E-state index contributed by atoms with van der Waals surface area (Å²) in [6.07, 6.45) is 1.87. The molecule has 37 heavy (non-hydrogen) atoms. The summed E-state index contributed by atoms with van der Waals surface area (Å²) in [6.45, 7) is 11.8. The van der Waals surface area contributed by atoms with Crippen molar-refractivity contribution in [1.82, 2.24) is 24.8 Å². The summed E-state index contributed by atoms with van der Waals surface area (Å²) in [6, 6.07) is 0.501. The van der Waals surface area contributed by atoms with Gasteiger partial charge in [0, 0.05) is 76.0 Å². The Balaban J connectivity index is 1.17. The smallest absolute Gasteiger partial charge is 0.251 e. The number of alkyl halides is 3. The predicted molar refractivity (Wildman–Crippen MR) is 133 cm³/mol. The molecule has 0 N–H and O–H groups in total. The highest BCUT2D eigenvalue weighted by Gasteiger charge is 2.49. The molecule has 4 aliphatic rings. The van der Waals surface area contributed by atoms with Crippen molar-refractivity contribution in [3.8, 4) is 0 Å². The normalized spacial score (nSPS) is 32.6. The first-order valence-corrected chi connectivity index (χ1v) is 14.2. The summed E-state index contributed by atoms with van der Waals surface area (Å²) in [5.41, 5.74) is -0.366. The van der Waals surface area contributed by atoms with E-state index in [2.05, 4.69) is 33.8 Å². The first-order chi connectivity index (χ1) is 17.6. The van der Waals surface area contributed by atoms with Gasteiger partial charge in [0.25, 0.3) is 5.92 Å². The maximum absolute atomic E-state index is 15.2. The van der Waals surface area contributed by atoms with Crippen LogP contribution in [0.5, 0.6) is 0 Å². The summed E-state index contributed by atoms with van der Waals surface area (Å²) in [5, 5.41) is 4.11. The Bertz CT molecular complexity index is 940. The molecule has 4 fully saturated rings. The van der Waals surface area contributed by atoms with Crippen LogP contribution < -0.4 is 0 Å². The van der Waals surface area contributed by atoms with E-state index in [4.69, 9.17) is 4.52 Å². The molecule has 1 aromatic rings. The molecule has 0 aromatic carbocycles. The summed E-state index contributed by atoms with van der Waals surface area (Å²) < 4.78 is 49.0. The number of hydrogen-bond acceptors (Lipinski definition) is 6. The number of piperidine rings is 1. The van der Waals surface area contributed by atoms with E-state index in [1.54, 1.807) is 4.90 Å². The van der Waals surface area contributed by atoms with Gasteiger partial charge < -0.3 is 14.3 Å². The summed E-state index contributed by atoms with van der Waals surface area (Å²) in [4.78, 5) is 24.2. The molecular formula is C27H42F3N5O2. The van der Waals surface area contributed by atoms with Crippen molar-refractivity contribution in [3.63, 3.8) is 0 Å². The van der Waals surface area contributed by atoms with Crippen molar-refractivity contribution in [3.05, 3.63) is 11.7 Å². The molecule has 10 heteroatoms. The Morgan fingerprint density at radius 3 is 2.41 bits per heavy atom. The molecular weight excluding hydrogens is 483 g/mol. The number of rotatable bonds is 7. The zero-order valence-electron chi connectivity index (χ0n) is 22.5. The number of carbonyl (C=O) groups excluding carboxylic acids is 1. The van der Waals surface area contributed by atoms with Crippen molar-refractivity contribution >= 4 is 5.91 Å². The number of likely N-dealkylation sites (tertiary alicyclic amines) is 1. The highest BCUT2D eigenvalue weighted by molar-refractivity contribution is 5.76. The molecule has 7 nitrogen and oxygen atoms in total. The van der Waals surface area contributed by atoms with Crippen molar-refractivity contribution in [2.75, 3.05) is 45.8 Å². The number of halogens is 3. The van der Waals surface area contributed by atoms with Crippen molar-refractivity contribution in [1.29, 1.82) is 0 Å². The van der Waals surface area contributed by atoms with Crippen LogP contribution in [-0.4, -0.2) is 94.7 Å².